The third kappa shape index (κ3) is 4.16. The quantitative estimate of drug-likeness (QED) is 0.416. The Morgan fingerprint density at radius 2 is 1.73 bits per heavy atom. The molecule has 0 unspecified atom stereocenters. The zero-order chi connectivity index (χ0) is 16.1. The molecule has 2 aromatic rings. The molecule has 118 valence electrons. The summed E-state index contributed by atoms with van der Waals surface area (Å²) in [6, 6.07) is 10.2. The summed E-state index contributed by atoms with van der Waals surface area (Å²) in [4.78, 5) is 0. The van der Waals surface area contributed by atoms with Gasteiger partial charge in [-0.15, -0.1) is 0 Å². The molecule has 0 nitrogen and oxygen atoms in total. The van der Waals surface area contributed by atoms with Crippen molar-refractivity contribution in [1.29, 1.82) is 0 Å². The fraction of sp³-hybridized carbons (Fsp3) is 0.368. The van der Waals surface area contributed by atoms with Crippen molar-refractivity contribution in [3.63, 3.8) is 0 Å². The molecule has 0 aromatic heterocycles. The number of benzene rings is 2. The third-order valence-electron chi connectivity index (χ3n) is 4.15. The Kier molecular flexibility index (Phi) is 6.13. The van der Waals surface area contributed by atoms with Gasteiger partial charge < -0.3 is 0 Å². The van der Waals surface area contributed by atoms with Crippen LogP contribution in [0.1, 0.15) is 47.4 Å². The number of rotatable bonds is 6. The normalized spacial score (nSPS) is 12.4. The highest BCUT2D eigenvalue weighted by Crippen LogP contribution is 2.33. The molecule has 0 aliphatic rings. The molecule has 0 amide bonds. The number of alkyl halides is 1. The molecular weight excluding hydrogens is 346 g/mol. The molecule has 0 spiro atoms. The summed E-state index contributed by atoms with van der Waals surface area (Å²) in [5, 5.41) is 0.943. The van der Waals surface area contributed by atoms with Crippen LogP contribution in [0, 0.1) is 25.5 Å². The van der Waals surface area contributed by atoms with Crippen LogP contribution in [0.2, 0.25) is 0 Å². The van der Waals surface area contributed by atoms with Gasteiger partial charge >= 0.3 is 0 Å². The van der Waals surface area contributed by atoms with Crippen molar-refractivity contribution in [1.82, 2.24) is 0 Å². The molecule has 2 aromatic carbocycles. The monoisotopic (exact) mass is 366 g/mol. The molecule has 0 saturated carbocycles. The van der Waals surface area contributed by atoms with Crippen LogP contribution < -0.4 is 0 Å². The molecule has 0 saturated heterocycles. The number of unbranched alkanes of at least 4 members (excludes halogenated alkanes) is 1. The second kappa shape index (κ2) is 7.87. The Hall–Kier alpha value is -1.22. The Morgan fingerprint density at radius 3 is 2.36 bits per heavy atom. The average molecular weight is 367 g/mol. The van der Waals surface area contributed by atoms with Gasteiger partial charge in [-0.05, 0) is 55.0 Å². The lowest BCUT2D eigenvalue weighted by Gasteiger charge is -2.20. The topological polar surface area (TPSA) is 0 Å². The summed E-state index contributed by atoms with van der Waals surface area (Å²) < 4.78 is 27.4. The van der Waals surface area contributed by atoms with E-state index in [4.69, 9.17) is 0 Å². The van der Waals surface area contributed by atoms with E-state index in [-0.39, 0.29) is 5.92 Å². The second-order valence-corrected chi connectivity index (χ2v) is 6.54. The van der Waals surface area contributed by atoms with Gasteiger partial charge in [-0.25, -0.2) is 8.78 Å². The van der Waals surface area contributed by atoms with E-state index in [1.54, 1.807) is 6.07 Å². The zero-order valence-corrected chi connectivity index (χ0v) is 14.6. The van der Waals surface area contributed by atoms with E-state index in [0.717, 1.165) is 36.2 Å². The van der Waals surface area contributed by atoms with Crippen LogP contribution in [-0.4, -0.2) is 5.33 Å². The fourth-order valence-corrected chi connectivity index (χ4v) is 3.11. The summed E-state index contributed by atoms with van der Waals surface area (Å²) in [6.45, 7) is 4.13. The van der Waals surface area contributed by atoms with Gasteiger partial charge in [-0.2, -0.15) is 0 Å². The molecule has 0 bridgehead atoms. The Bertz CT molecular complexity index is 637. The van der Waals surface area contributed by atoms with Gasteiger partial charge in [0.15, 0.2) is 0 Å². The van der Waals surface area contributed by atoms with Crippen molar-refractivity contribution in [2.45, 2.75) is 39.0 Å². The molecule has 1 atom stereocenters. The number of hydrogen-bond donors (Lipinski definition) is 0. The standard InChI is InChI=1S/C19H21BrF2/c1-13-6-7-15(11-14(13)2)17(5-3-4-10-20)18-9-8-16(21)12-19(18)22/h6-9,11-12,17H,3-5,10H2,1-2H3/t17-/m0/s1. The SMILES string of the molecule is Cc1ccc([C@H](CCCCBr)c2ccc(F)cc2F)cc1C. The highest BCUT2D eigenvalue weighted by Gasteiger charge is 2.18. The summed E-state index contributed by atoms with van der Waals surface area (Å²) in [5.74, 6) is -1.01. The van der Waals surface area contributed by atoms with Crippen LogP contribution in [-0.2, 0) is 0 Å². The first-order valence-corrected chi connectivity index (χ1v) is 8.73. The summed E-state index contributed by atoms with van der Waals surface area (Å²) in [7, 11) is 0. The average Bonchev–Trinajstić information content (AvgIpc) is 2.48. The van der Waals surface area contributed by atoms with Crippen molar-refractivity contribution in [3.05, 3.63) is 70.3 Å². The van der Waals surface area contributed by atoms with E-state index < -0.39 is 11.6 Å². The first-order chi connectivity index (χ1) is 10.5. The minimum absolute atomic E-state index is 0.0288. The molecule has 22 heavy (non-hydrogen) atoms. The van der Waals surface area contributed by atoms with E-state index in [9.17, 15) is 8.78 Å². The van der Waals surface area contributed by atoms with Crippen molar-refractivity contribution in [2.75, 3.05) is 5.33 Å². The molecule has 0 heterocycles. The predicted octanol–water partition coefficient (Wildman–Crippen LogP) is 6.28. The van der Waals surface area contributed by atoms with Gasteiger partial charge in [0.2, 0.25) is 0 Å². The fourth-order valence-electron chi connectivity index (χ4n) is 2.71. The van der Waals surface area contributed by atoms with E-state index in [2.05, 4.69) is 48.0 Å². The first-order valence-electron chi connectivity index (χ1n) is 7.61. The number of halogens is 3. The van der Waals surface area contributed by atoms with Crippen LogP contribution >= 0.6 is 15.9 Å². The van der Waals surface area contributed by atoms with Crippen LogP contribution in [0.15, 0.2) is 36.4 Å². The minimum atomic E-state index is -0.527. The van der Waals surface area contributed by atoms with E-state index in [1.807, 2.05) is 0 Å². The molecular formula is C19H21BrF2. The van der Waals surface area contributed by atoms with Crippen molar-refractivity contribution in [3.8, 4) is 0 Å². The maximum absolute atomic E-state index is 14.2. The van der Waals surface area contributed by atoms with Gasteiger partial charge in [0.1, 0.15) is 11.6 Å². The third-order valence-corrected chi connectivity index (χ3v) is 4.71. The number of aryl methyl sites for hydroxylation is 2. The Balaban J connectivity index is 2.38. The zero-order valence-electron chi connectivity index (χ0n) is 13.0. The number of hydrogen-bond acceptors (Lipinski definition) is 0. The van der Waals surface area contributed by atoms with Gasteiger partial charge in [0.05, 0.1) is 0 Å². The van der Waals surface area contributed by atoms with Crippen molar-refractivity contribution in [2.24, 2.45) is 0 Å². The van der Waals surface area contributed by atoms with Crippen LogP contribution in [0.3, 0.4) is 0 Å². The highest BCUT2D eigenvalue weighted by atomic mass is 79.9. The van der Waals surface area contributed by atoms with Gasteiger partial charge in [-0.1, -0.05) is 46.6 Å². The summed E-state index contributed by atoms with van der Waals surface area (Å²) in [6.07, 6.45) is 2.90. The van der Waals surface area contributed by atoms with E-state index in [1.165, 1.54) is 17.2 Å². The minimum Gasteiger partial charge on any atom is -0.207 e. The Morgan fingerprint density at radius 1 is 0.955 bits per heavy atom. The maximum atomic E-state index is 14.2. The largest absolute Gasteiger partial charge is 0.207 e. The van der Waals surface area contributed by atoms with Crippen molar-refractivity contribution < 1.29 is 8.78 Å². The molecule has 0 fully saturated rings. The summed E-state index contributed by atoms with van der Waals surface area (Å²) in [5.41, 5.74) is 4.11. The molecule has 2 rings (SSSR count). The lowest BCUT2D eigenvalue weighted by atomic mass is 9.85. The van der Waals surface area contributed by atoms with Crippen molar-refractivity contribution >= 4 is 15.9 Å². The molecule has 0 N–H and O–H groups in total. The predicted molar refractivity (Wildman–Crippen MR) is 91.8 cm³/mol. The highest BCUT2D eigenvalue weighted by molar-refractivity contribution is 9.09. The maximum Gasteiger partial charge on any atom is 0.129 e. The summed E-state index contributed by atoms with van der Waals surface area (Å²) >= 11 is 3.43. The van der Waals surface area contributed by atoms with Gasteiger partial charge in [-0.3, -0.25) is 0 Å². The van der Waals surface area contributed by atoms with Gasteiger partial charge in [0.25, 0.3) is 0 Å². The molecule has 0 aliphatic carbocycles. The lowest BCUT2D eigenvalue weighted by molar-refractivity contribution is 0.551. The molecule has 3 heteroatoms. The van der Waals surface area contributed by atoms with E-state index >= 15 is 0 Å². The Labute approximate surface area is 139 Å². The van der Waals surface area contributed by atoms with Crippen LogP contribution in [0.25, 0.3) is 0 Å². The lowest BCUT2D eigenvalue weighted by Crippen LogP contribution is -2.05. The molecule has 0 aliphatic heterocycles. The van der Waals surface area contributed by atoms with Crippen LogP contribution in [0.4, 0.5) is 8.78 Å². The molecule has 0 radical (unpaired) electrons. The van der Waals surface area contributed by atoms with Gasteiger partial charge in [0, 0.05) is 17.3 Å². The van der Waals surface area contributed by atoms with E-state index in [0.29, 0.717) is 5.56 Å². The second-order valence-electron chi connectivity index (χ2n) is 5.75. The first kappa shape index (κ1) is 17.1. The van der Waals surface area contributed by atoms with Crippen LogP contribution in [0.5, 0.6) is 0 Å². The smallest absolute Gasteiger partial charge is 0.129 e.